The molecule has 0 aromatic heterocycles. The number of anilines is 2. The Morgan fingerprint density at radius 1 is 0.973 bits per heavy atom. The van der Waals surface area contributed by atoms with Gasteiger partial charge in [-0.15, -0.1) is 0 Å². The van der Waals surface area contributed by atoms with Gasteiger partial charge in [-0.25, -0.2) is 4.90 Å². The second-order valence-electron chi connectivity index (χ2n) is 8.98. The number of hydrogen-bond acceptors (Lipinski definition) is 7. The molecule has 2 saturated heterocycles. The zero-order valence-corrected chi connectivity index (χ0v) is 19.8. The van der Waals surface area contributed by atoms with Crippen molar-refractivity contribution < 1.29 is 19.3 Å². The van der Waals surface area contributed by atoms with Gasteiger partial charge in [0.2, 0.25) is 17.7 Å². The number of nitrogens with zero attached hydrogens (tertiary/aromatic N) is 4. The van der Waals surface area contributed by atoms with Gasteiger partial charge in [-0.1, -0.05) is 41.9 Å². The van der Waals surface area contributed by atoms with Gasteiger partial charge in [-0.2, -0.15) is 5.10 Å². The Kier molecular flexibility index (Phi) is 5.27. The molecule has 6 rings (SSSR count). The number of fused-ring (bicyclic) bond motifs is 5. The highest BCUT2D eigenvalue weighted by Crippen LogP contribution is 2.52. The van der Waals surface area contributed by atoms with E-state index in [4.69, 9.17) is 11.6 Å². The van der Waals surface area contributed by atoms with Crippen molar-refractivity contribution in [2.45, 2.75) is 12.1 Å². The summed E-state index contributed by atoms with van der Waals surface area (Å²) < 4.78 is 0. The maximum Gasteiger partial charge on any atom is 0.271 e. The summed E-state index contributed by atoms with van der Waals surface area (Å²) in [6.07, 6.45) is 1.61. The Bertz CT molecular complexity index is 1510. The molecule has 1 N–H and O–H groups in total. The van der Waals surface area contributed by atoms with Crippen LogP contribution in [0.25, 0.3) is 0 Å². The summed E-state index contributed by atoms with van der Waals surface area (Å²) in [6.45, 7) is 0. The van der Waals surface area contributed by atoms with Gasteiger partial charge < -0.3 is 5.32 Å². The largest absolute Gasteiger partial charge is 0.324 e. The minimum Gasteiger partial charge on any atom is -0.324 e. The number of nitro benzene ring substituents is 1. The van der Waals surface area contributed by atoms with Crippen molar-refractivity contribution in [3.05, 3.63) is 99.1 Å². The Morgan fingerprint density at radius 2 is 1.70 bits per heavy atom. The topological polar surface area (TPSA) is 125 Å². The van der Waals surface area contributed by atoms with Crippen LogP contribution in [0, 0.1) is 22.0 Å². The molecule has 37 heavy (non-hydrogen) atoms. The molecule has 2 fully saturated rings. The summed E-state index contributed by atoms with van der Waals surface area (Å²) in [6, 6.07) is 17.5. The zero-order valence-electron chi connectivity index (χ0n) is 19.0. The van der Waals surface area contributed by atoms with E-state index < -0.39 is 46.6 Å². The Hall–Kier alpha value is -4.57. The third kappa shape index (κ3) is 3.56. The quantitative estimate of drug-likeness (QED) is 0.320. The molecular weight excluding hydrogens is 498 g/mol. The lowest BCUT2D eigenvalue weighted by Crippen LogP contribution is -2.46. The van der Waals surface area contributed by atoms with Gasteiger partial charge in [0, 0.05) is 22.8 Å². The normalized spacial score (nSPS) is 23.5. The van der Waals surface area contributed by atoms with Crippen LogP contribution in [0.3, 0.4) is 0 Å². The van der Waals surface area contributed by atoms with E-state index in [0.717, 1.165) is 16.0 Å². The van der Waals surface area contributed by atoms with Gasteiger partial charge in [0.1, 0.15) is 6.04 Å². The van der Waals surface area contributed by atoms with E-state index in [2.05, 4.69) is 10.4 Å². The fourth-order valence-electron chi connectivity index (χ4n) is 5.42. The van der Waals surface area contributed by atoms with Crippen molar-refractivity contribution in [3.8, 4) is 0 Å². The summed E-state index contributed by atoms with van der Waals surface area (Å²) in [5, 5.41) is 20.7. The van der Waals surface area contributed by atoms with Crippen LogP contribution in [-0.4, -0.2) is 39.9 Å². The van der Waals surface area contributed by atoms with Crippen molar-refractivity contribution in [2.24, 2.45) is 16.9 Å². The molecule has 3 aromatic carbocycles. The van der Waals surface area contributed by atoms with Crippen molar-refractivity contribution in [1.82, 2.24) is 5.01 Å². The number of rotatable bonds is 4. The number of hydrazone groups is 1. The number of halogens is 1. The monoisotopic (exact) mass is 515 g/mol. The van der Waals surface area contributed by atoms with Crippen LogP contribution < -0.4 is 10.2 Å². The molecule has 3 aliphatic rings. The molecule has 3 aromatic rings. The molecule has 0 radical (unpaired) electrons. The minimum absolute atomic E-state index is 0.0922. The predicted molar refractivity (Wildman–Crippen MR) is 135 cm³/mol. The molecule has 11 heteroatoms. The lowest BCUT2D eigenvalue weighted by molar-refractivity contribution is -0.384. The van der Waals surface area contributed by atoms with Crippen molar-refractivity contribution in [1.29, 1.82) is 0 Å². The van der Waals surface area contributed by atoms with Gasteiger partial charge in [-0.3, -0.25) is 29.5 Å². The van der Waals surface area contributed by atoms with Crippen LogP contribution in [0.4, 0.5) is 17.1 Å². The van der Waals surface area contributed by atoms with Crippen molar-refractivity contribution in [3.63, 3.8) is 0 Å². The van der Waals surface area contributed by atoms with E-state index >= 15 is 0 Å². The number of hydrogen-bond donors (Lipinski definition) is 1. The van der Waals surface area contributed by atoms with Gasteiger partial charge in [0.15, 0.2) is 0 Å². The summed E-state index contributed by atoms with van der Waals surface area (Å²) >= 11 is 5.96. The summed E-state index contributed by atoms with van der Waals surface area (Å²) in [5.41, 5.74) is 1.88. The molecular formula is C26H18ClN5O5. The molecule has 4 unspecified atom stereocenters. The lowest BCUT2D eigenvalue weighted by Gasteiger charge is -2.33. The highest BCUT2D eigenvalue weighted by Gasteiger charge is 2.65. The average Bonchev–Trinajstić information content (AvgIpc) is 3.38. The first-order chi connectivity index (χ1) is 17.8. The van der Waals surface area contributed by atoms with Gasteiger partial charge >= 0.3 is 0 Å². The third-order valence-electron chi connectivity index (χ3n) is 6.97. The zero-order chi connectivity index (χ0) is 25.8. The van der Waals surface area contributed by atoms with Crippen LogP contribution in [0.15, 0.2) is 77.9 Å². The maximum absolute atomic E-state index is 13.8. The number of non-ortho nitro benzene ring substituents is 1. The number of benzene rings is 3. The number of amides is 3. The summed E-state index contributed by atoms with van der Waals surface area (Å²) in [5.74, 6) is -3.59. The molecule has 0 bridgehead atoms. The van der Waals surface area contributed by atoms with E-state index in [9.17, 15) is 24.5 Å². The van der Waals surface area contributed by atoms with Crippen LogP contribution in [0.5, 0.6) is 0 Å². The highest BCUT2D eigenvalue weighted by molar-refractivity contribution is 6.30. The fourth-order valence-corrected chi connectivity index (χ4v) is 5.54. The second-order valence-corrected chi connectivity index (χ2v) is 9.42. The molecule has 4 atom stereocenters. The van der Waals surface area contributed by atoms with Crippen LogP contribution in [-0.2, 0) is 14.4 Å². The van der Waals surface area contributed by atoms with Gasteiger partial charge in [0.05, 0.1) is 34.7 Å². The summed E-state index contributed by atoms with van der Waals surface area (Å²) in [7, 11) is 0. The fraction of sp³-hybridized carbons (Fsp3) is 0.154. The smallest absolute Gasteiger partial charge is 0.271 e. The maximum atomic E-state index is 13.8. The second kappa shape index (κ2) is 8.52. The van der Waals surface area contributed by atoms with Gasteiger partial charge in [0.25, 0.3) is 5.69 Å². The minimum atomic E-state index is -1.09. The Labute approximate surface area is 215 Å². The molecule has 3 heterocycles. The molecule has 10 nitrogen and oxygen atoms in total. The SMILES string of the molecule is O=C(Nc1ccc(Cl)cc1)C1C2C(=O)N(c3cccc([N+](=O)[O-])c3)C(=O)C2C2c3ccccc3C=NN12. The molecule has 3 aliphatic heterocycles. The molecule has 0 aliphatic carbocycles. The molecule has 0 saturated carbocycles. The van der Waals surface area contributed by atoms with Crippen LogP contribution in [0.2, 0.25) is 5.02 Å². The third-order valence-corrected chi connectivity index (χ3v) is 7.22. The number of imide groups is 1. The predicted octanol–water partition coefficient (Wildman–Crippen LogP) is 3.77. The average molecular weight is 516 g/mol. The Balaban J connectivity index is 1.44. The number of nitrogens with one attached hydrogen (secondary N) is 1. The number of nitro groups is 1. The van der Waals surface area contributed by atoms with E-state index in [1.54, 1.807) is 30.5 Å². The first-order valence-corrected chi connectivity index (χ1v) is 11.8. The molecule has 0 spiro atoms. The van der Waals surface area contributed by atoms with Crippen molar-refractivity contribution in [2.75, 3.05) is 10.2 Å². The first kappa shape index (κ1) is 22.9. The Morgan fingerprint density at radius 3 is 2.46 bits per heavy atom. The highest BCUT2D eigenvalue weighted by atomic mass is 35.5. The number of carbonyl (C=O) groups is 3. The van der Waals surface area contributed by atoms with Gasteiger partial charge in [-0.05, 0) is 41.5 Å². The molecule has 3 amide bonds. The first-order valence-electron chi connectivity index (χ1n) is 11.4. The van der Waals surface area contributed by atoms with Crippen molar-refractivity contribution >= 4 is 52.6 Å². The molecule has 184 valence electrons. The summed E-state index contributed by atoms with van der Waals surface area (Å²) in [4.78, 5) is 52.9. The number of carbonyl (C=O) groups excluding carboxylic acids is 3. The van der Waals surface area contributed by atoms with E-state index in [1.165, 1.54) is 29.3 Å². The van der Waals surface area contributed by atoms with Crippen LogP contribution >= 0.6 is 11.6 Å². The van der Waals surface area contributed by atoms with Crippen LogP contribution in [0.1, 0.15) is 17.2 Å². The standard InChI is InChI=1S/C26H18ClN5O5/c27-15-8-10-16(11-9-15)29-24(33)23-21-20(22-19-7-2-1-4-14(19)13-28-31(22)23)25(34)30(26(21)35)17-5-3-6-18(12-17)32(36)37/h1-13,20-23H,(H,29,33). The van der Waals surface area contributed by atoms with E-state index in [0.29, 0.717) is 10.7 Å². The van der Waals surface area contributed by atoms with E-state index in [-0.39, 0.29) is 11.4 Å². The lowest BCUT2D eigenvalue weighted by atomic mass is 9.85. The van der Waals surface area contributed by atoms with E-state index in [1.807, 2.05) is 24.3 Å².